The van der Waals surface area contributed by atoms with E-state index in [9.17, 15) is 0 Å². The number of nitrogens with two attached hydrogens (primary N) is 1. The van der Waals surface area contributed by atoms with E-state index in [0.717, 1.165) is 6.54 Å². The number of hydrogen-bond donors (Lipinski definition) is 3. The average molecular weight is 187 g/mol. The number of amidine groups is 1. The summed E-state index contributed by atoms with van der Waals surface area (Å²) in [6.45, 7) is 7.38. The van der Waals surface area contributed by atoms with Crippen molar-refractivity contribution in [3.05, 3.63) is 0 Å². The molecular formula is C9H21N3O. The van der Waals surface area contributed by atoms with Gasteiger partial charge in [-0.25, -0.2) is 0 Å². The van der Waals surface area contributed by atoms with Gasteiger partial charge in [-0.05, 0) is 19.4 Å². The van der Waals surface area contributed by atoms with E-state index in [1.54, 1.807) is 0 Å². The lowest BCUT2D eigenvalue weighted by molar-refractivity contribution is 0.315. The van der Waals surface area contributed by atoms with Crippen LogP contribution >= 0.6 is 0 Å². The molecule has 4 nitrogen and oxygen atoms in total. The van der Waals surface area contributed by atoms with Crippen molar-refractivity contribution in [2.45, 2.75) is 39.7 Å². The normalized spacial score (nSPS) is 17.0. The molecule has 0 radical (unpaired) electrons. The quantitative estimate of drug-likeness (QED) is 0.253. The summed E-state index contributed by atoms with van der Waals surface area (Å²) in [4.78, 5) is 0. The van der Waals surface area contributed by atoms with Crippen molar-refractivity contribution in [3.63, 3.8) is 0 Å². The molecular weight excluding hydrogens is 166 g/mol. The van der Waals surface area contributed by atoms with Crippen LogP contribution in [0, 0.1) is 5.92 Å². The van der Waals surface area contributed by atoms with Crippen molar-refractivity contribution in [2.75, 3.05) is 6.54 Å². The van der Waals surface area contributed by atoms with E-state index >= 15 is 0 Å². The van der Waals surface area contributed by atoms with Gasteiger partial charge in [0, 0.05) is 12.5 Å². The van der Waals surface area contributed by atoms with Crippen molar-refractivity contribution in [3.8, 4) is 0 Å². The first-order valence-corrected chi connectivity index (χ1v) is 4.79. The van der Waals surface area contributed by atoms with Crippen LogP contribution in [0.25, 0.3) is 0 Å². The standard InChI is InChI=1S/C9H21N3O/c1-4-7(2)6-11-8(3)5-9(10)12-13/h7-8,11,13H,4-6H2,1-3H3,(H2,10,12). The monoisotopic (exact) mass is 187 g/mol. The first-order valence-electron chi connectivity index (χ1n) is 4.79. The molecule has 0 spiro atoms. The molecule has 0 fully saturated rings. The minimum Gasteiger partial charge on any atom is -0.409 e. The molecule has 0 aromatic heterocycles. The fraction of sp³-hybridized carbons (Fsp3) is 0.889. The summed E-state index contributed by atoms with van der Waals surface area (Å²) in [7, 11) is 0. The molecule has 0 aliphatic rings. The van der Waals surface area contributed by atoms with E-state index in [-0.39, 0.29) is 11.9 Å². The third-order valence-electron chi connectivity index (χ3n) is 2.16. The molecule has 4 heteroatoms. The van der Waals surface area contributed by atoms with Crippen LogP contribution in [0.2, 0.25) is 0 Å². The summed E-state index contributed by atoms with van der Waals surface area (Å²) in [5.41, 5.74) is 5.37. The third-order valence-corrected chi connectivity index (χ3v) is 2.16. The molecule has 13 heavy (non-hydrogen) atoms. The lowest BCUT2D eigenvalue weighted by Crippen LogP contribution is -2.33. The van der Waals surface area contributed by atoms with Gasteiger partial charge in [-0.3, -0.25) is 0 Å². The highest BCUT2D eigenvalue weighted by atomic mass is 16.4. The molecule has 0 aliphatic carbocycles. The highest BCUT2D eigenvalue weighted by molar-refractivity contribution is 5.80. The van der Waals surface area contributed by atoms with Gasteiger partial charge in [-0.15, -0.1) is 0 Å². The van der Waals surface area contributed by atoms with Crippen LogP contribution in [0.1, 0.15) is 33.6 Å². The maximum atomic E-state index is 8.34. The van der Waals surface area contributed by atoms with Gasteiger partial charge in [0.1, 0.15) is 5.84 Å². The van der Waals surface area contributed by atoms with Crippen LogP contribution < -0.4 is 11.1 Å². The largest absolute Gasteiger partial charge is 0.409 e. The maximum absolute atomic E-state index is 8.34. The lowest BCUT2D eigenvalue weighted by Gasteiger charge is -2.15. The van der Waals surface area contributed by atoms with Crippen LogP contribution in [0.5, 0.6) is 0 Å². The number of oxime groups is 1. The minimum atomic E-state index is 0.268. The van der Waals surface area contributed by atoms with E-state index in [0.29, 0.717) is 12.3 Å². The summed E-state index contributed by atoms with van der Waals surface area (Å²) in [5, 5.41) is 14.6. The van der Waals surface area contributed by atoms with E-state index in [1.165, 1.54) is 6.42 Å². The van der Waals surface area contributed by atoms with Gasteiger partial charge in [-0.1, -0.05) is 25.4 Å². The molecule has 0 heterocycles. The lowest BCUT2D eigenvalue weighted by atomic mass is 10.1. The summed E-state index contributed by atoms with van der Waals surface area (Å²) in [6.07, 6.45) is 1.76. The van der Waals surface area contributed by atoms with Crippen molar-refractivity contribution < 1.29 is 5.21 Å². The zero-order valence-corrected chi connectivity index (χ0v) is 8.75. The Bertz CT molecular complexity index is 159. The summed E-state index contributed by atoms with van der Waals surface area (Å²) >= 11 is 0. The maximum Gasteiger partial charge on any atom is 0.140 e. The molecule has 0 saturated carbocycles. The summed E-state index contributed by atoms with van der Waals surface area (Å²) in [5.74, 6) is 0.957. The minimum absolute atomic E-state index is 0.268. The predicted octanol–water partition coefficient (Wildman–Crippen LogP) is 1.15. The second kappa shape index (κ2) is 6.71. The second-order valence-electron chi connectivity index (χ2n) is 3.62. The fourth-order valence-electron chi connectivity index (χ4n) is 0.973. The molecule has 2 unspecified atom stereocenters. The third kappa shape index (κ3) is 6.40. The van der Waals surface area contributed by atoms with Crippen molar-refractivity contribution in [2.24, 2.45) is 16.8 Å². The first kappa shape index (κ1) is 12.2. The Morgan fingerprint density at radius 2 is 2.15 bits per heavy atom. The number of rotatable bonds is 6. The zero-order chi connectivity index (χ0) is 10.3. The second-order valence-corrected chi connectivity index (χ2v) is 3.62. The molecule has 0 saturated heterocycles. The number of nitrogens with one attached hydrogen (secondary N) is 1. The van der Waals surface area contributed by atoms with Crippen molar-refractivity contribution >= 4 is 5.84 Å². The summed E-state index contributed by atoms with van der Waals surface area (Å²) in [6, 6.07) is 0.268. The fourth-order valence-corrected chi connectivity index (χ4v) is 0.973. The smallest absolute Gasteiger partial charge is 0.140 e. The number of nitrogens with zero attached hydrogens (tertiary/aromatic N) is 1. The van der Waals surface area contributed by atoms with E-state index in [4.69, 9.17) is 10.9 Å². The molecule has 0 aromatic rings. The Balaban J connectivity index is 3.57. The molecule has 78 valence electrons. The van der Waals surface area contributed by atoms with Crippen LogP contribution in [0.15, 0.2) is 5.16 Å². The topological polar surface area (TPSA) is 70.6 Å². The van der Waals surface area contributed by atoms with Crippen LogP contribution in [-0.2, 0) is 0 Å². The van der Waals surface area contributed by atoms with Gasteiger partial charge < -0.3 is 16.3 Å². The van der Waals surface area contributed by atoms with Gasteiger partial charge in [0.05, 0.1) is 0 Å². The number of hydrogen-bond acceptors (Lipinski definition) is 3. The average Bonchev–Trinajstić information content (AvgIpc) is 2.13. The molecule has 0 rings (SSSR count). The van der Waals surface area contributed by atoms with Gasteiger partial charge in [0.25, 0.3) is 0 Å². The van der Waals surface area contributed by atoms with Gasteiger partial charge in [-0.2, -0.15) is 0 Å². The Hall–Kier alpha value is -0.770. The Morgan fingerprint density at radius 3 is 2.62 bits per heavy atom. The molecule has 2 atom stereocenters. The van der Waals surface area contributed by atoms with Gasteiger partial charge in [0.2, 0.25) is 0 Å². The Labute approximate surface area is 80.2 Å². The highest BCUT2D eigenvalue weighted by Crippen LogP contribution is 1.99. The first-order chi connectivity index (χ1) is 6.10. The van der Waals surface area contributed by atoms with E-state index in [2.05, 4.69) is 24.3 Å². The molecule has 0 amide bonds. The van der Waals surface area contributed by atoms with Crippen LogP contribution in [-0.4, -0.2) is 23.6 Å². The zero-order valence-electron chi connectivity index (χ0n) is 8.75. The van der Waals surface area contributed by atoms with Gasteiger partial charge >= 0.3 is 0 Å². The van der Waals surface area contributed by atoms with Crippen LogP contribution in [0.4, 0.5) is 0 Å². The summed E-state index contributed by atoms with van der Waals surface area (Å²) < 4.78 is 0. The highest BCUT2D eigenvalue weighted by Gasteiger charge is 2.05. The van der Waals surface area contributed by atoms with Crippen LogP contribution in [0.3, 0.4) is 0 Å². The Kier molecular flexibility index (Phi) is 6.32. The molecule has 4 N–H and O–H groups in total. The molecule has 0 aliphatic heterocycles. The van der Waals surface area contributed by atoms with Crippen molar-refractivity contribution in [1.29, 1.82) is 0 Å². The van der Waals surface area contributed by atoms with Crippen molar-refractivity contribution in [1.82, 2.24) is 5.32 Å². The Morgan fingerprint density at radius 1 is 1.54 bits per heavy atom. The van der Waals surface area contributed by atoms with E-state index < -0.39 is 0 Å². The molecule has 0 aromatic carbocycles. The predicted molar refractivity (Wildman–Crippen MR) is 54.9 cm³/mol. The van der Waals surface area contributed by atoms with E-state index in [1.807, 2.05) is 6.92 Å². The SMILES string of the molecule is CCC(C)CNC(C)CC(N)=NO. The van der Waals surface area contributed by atoms with Gasteiger partial charge in [0.15, 0.2) is 0 Å². The molecule has 0 bridgehead atoms.